The van der Waals surface area contributed by atoms with Gasteiger partial charge in [0.15, 0.2) is 0 Å². The minimum Gasteiger partial charge on any atom is -0.385 e. The van der Waals surface area contributed by atoms with Crippen LogP contribution in [0.2, 0.25) is 0 Å². The highest BCUT2D eigenvalue weighted by Gasteiger charge is 2.11. The van der Waals surface area contributed by atoms with E-state index >= 15 is 0 Å². The van der Waals surface area contributed by atoms with Gasteiger partial charge < -0.3 is 16.0 Å². The van der Waals surface area contributed by atoms with Gasteiger partial charge in [0.1, 0.15) is 0 Å². The predicted octanol–water partition coefficient (Wildman–Crippen LogP) is 2.05. The molecule has 0 unspecified atom stereocenters. The second kappa shape index (κ2) is 5.75. The standard InChI is InChI=1S/C13H21N3/c14-7-4-8-15-12-5-3-6-13(11-12)16-9-1-2-10-16/h3,5-6,11,15H,1-2,4,7-10,14H2. The second-order valence-corrected chi connectivity index (χ2v) is 4.31. The maximum atomic E-state index is 5.47. The Bertz CT molecular complexity index is 319. The van der Waals surface area contributed by atoms with E-state index in [0.717, 1.165) is 19.5 Å². The van der Waals surface area contributed by atoms with E-state index in [-0.39, 0.29) is 0 Å². The normalized spacial score (nSPS) is 15.4. The Kier molecular flexibility index (Phi) is 4.05. The lowest BCUT2D eigenvalue weighted by Crippen LogP contribution is -2.17. The topological polar surface area (TPSA) is 41.3 Å². The third-order valence-electron chi connectivity index (χ3n) is 3.03. The zero-order valence-corrected chi connectivity index (χ0v) is 9.78. The van der Waals surface area contributed by atoms with Crippen LogP contribution in [0.5, 0.6) is 0 Å². The third kappa shape index (κ3) is 2.89. The van der Waals surface area contributed by atoms with Crippen molar-refractivity contribution in [2.45, 2.75) is 19.3 Å². The molecule has 3 nitrogen and oxygen atoms in total. The highest BCUT2D eigenvalue weighted by atomic mass is 15.1. The van der Waals surface area contributed by atoms with Crippen molar-refractivity contribution in [3.63, 3.8) is 0 Å². The molecule has 0 spiro atoms. The first kappa shape index (κ1) is 11.3. The van der Waals surface area contributed by atoms with Crippen molar-refractivity contribution >= 4 is 11.4 Å². The van der Waals surface area contributed by atoms with Crippen molar-refractivity contribution in [1.82, 2.24) is 0 Å². The minimum absolute atomic E-state index is 0.749. The highest BCUT2D eigenvalue weighted by molar-refractivity contribution is 5.58. The smallest absolute Gasteiger partial charge is 0.0386 e. The van der Waals surface area contributed by atoms with E-state index in [9.17, 15) is 0 Å². The van der Waals surface area contributed by atoms with Crippen LogP contribution >= 0.6 is 0 Å². The third-order valence-corrected chi connectivity index (χ3v) is 3.03. The summed E-state index contributed by atoms with van der Waals surface area (Å²) in [5, 5.41) is 3.40. The molecule has 0 atom stereocenters. The molecule has 0 bridgehead atoms. The van der Waals surface area contributed by atoms with Crippen LogP contribution in [0, 0.1) is 0 Å². The monoisotopic (exact) mass is 219 g/mol. The van der Waals surface area contributed by atoms with Gasteiger partial charge >= 0.3 is 0 Å². The van der Waals surface area contributed by atoms with Crippen LogP contribution in [0.25, 0.3) is 0 Å². The lowest BCUT2D eigenvalue weighted by atomic mass is 10.2. The summed E-state index contributed by atoms with van der Waals surface area (Å²) in [7, 11) is 0. The molecule has 0 aromatic heterocycles. The molecule has 1 aromatic carbocycles. The van der Waals surface area contributed by atoms with Crippen molar-refractivity contribution in [2.75, 3.05) is 36.4 Å². The first-order valence-corrected chi connectivity index (χ1v) is 6.19. The zero-order chi connectivity index (χ0) is 11.2. The van der Waals surface area contributed by atoms with Gasteiger partial charge in [-0.2, -0.15) is 0 Å². The van der Waals surface area contributed by atoms with E-state index in [1.165, 1.54) is 37.3 Å². The molecule has 1 aliphatic rings. The second-order valence-electron chi connectivity index (χ2n) is 4.31. The number of benzene rings is 1. The number of nitrogens with two attached hydrogens (primary N) is 1. The van der Waals surface area contributed by atoms with E-state index in [1.807, 2.05) is 0 Å². The van der Waals surface area contributed by atoms with Crippen molar-refractivity contribution in [2.24, 2.45) is 5.73 Å². The fraction of sp³-hybridized carbons (Fsp3) is 0.538. The van der Waals surface area contributed by atoms with E-state index in [4.69, 9.17) is 5.73 Å². The van der Waals surface area contributed by atoms with Crippen molar-refractivity contribution in [1.29, 1.82) is 0 Å². The highest BCUT2D eigenvalue weighted by Crippen LogP contribution is 2.23. The van der Waals surface area contributed by atoms with Crippen molar-refractivity contribution < 1.29 is 0 Å². The summed E-state index contributed by atoms with van der Waals surface area (Å²) < 4.78 is 0. The molecule has 1 heterocycles. The lowest BCUT2D eigenvalue weighted by molar-refractivity contribution is 0.874. The largest absolute Gasteiger partial charge is 0.385 e. The van der Waals surface area contributed by atoms with Gasteiger partial charge in [0.05, 0.1) is 0 Å². The van der Waals surface area contributed by atoms with Crippen LogP contribution in [-0.2, 0) is 0 Å². The average Bonchev–Trinajstić information content (AvgIpc) is 2.83. The summed E-state index contributed by atoms with van der Waals surface area (Å²) in [6, 6.07) is 8.68. The van der Waals surface area contributed by atoms with E-state index in [0.29, 0.717) is 0 Å². The molecule has 0 amide bonds. The Balaban J connectivity index is 1.95. The summed E-state index contributed by atoms with van der Waals surface area (Å²) in [4.78, 5) is 2.45. The first-order chi connectivity index (χ1) is 7.90. The number of rotatable bonds is 5. The Morgan fingerprint density at radius 3 is 2.81 bits per heavy atom. The molecule has 0 saturated carbocycles. The molecule has 0 radical (unpaired) electrons. The lowest BCUT2D eigenvalue weighted by Gasteiger charge is -2.18. The molecule has 1 saturated heterocycles. The SMILES string of the molecule is NCCCNc1cccc(N2CCCC2)c1. The summed E-state index contributed by atoms with van der Waals surface area (Å²) in [6.07, 6.45) is 3.67. The Morgan fingerprint density at radius 2 is 2.06 bits per heavy atom. The Labute approximate surface area is 97.6 Å². The fourth-order valence-corrected chi connectivity index (χ4v) is 2.12. The number of nitrogens with zero attached hydrogens (tertiary/aromatic N) is 1. The molecule has 3 heteroatoms. The molecule has 88 valence electrons. The minimum atomic E-state index is 0.749. The van der Waals surface area contributed by atoms with Crippen LogP contribution < -0.4 is 16.0 Å². The summed E-state index contributed by atoms with van der Waals surface area (Å²) >= 11 is 0. The Morgan fingerprint density at radius 1 is 1.25 bits per heavy atom. The summed E-state index contributed by atoms with van der Waals surface area (Å²) in [6.45, 7) is 4.11. The van der Waals surface area contributed by atoms with Gasteiger partial charge in [-0.1, -0.05) is 6.07 Å². The van der Waals surface area contributed by atoms with Crippen LogP contribution in [0.3, 0.4) is 0 Å². The van der Waals surface area contributed by atoms with Gasteiger partial charge in [-0.15, -0.1) is 0 Å². The molecular weight excluding hydrogens is 198 g/mol. The molecule has 16 heavy (non-hydrogen) atoms. The van der Waals surface area contributed by atoms with Crippen LogP contribution in [-0.4, -0.2) is 26.2 Å². The molecular formula is C13H21N3. The number of hydrogen-bond acceptors (Lipinski definition) is 3. The van der Waals surface area contributed by atoms with Gasteiger partial charge in [-0.05, 0) is 44.0 Å². The van der Waals surface area contributed by atoms with Gasteiger partial charge in [-0.25, -0.2) is 0 Å². The van der Waals surface area contributed by atoms with Crippen molar-refractivity contribution in [3.8, 4) is 0 Å². The van der Waals surface area contributed by atoms with Gasteiger partial charge in [-0.3, -0.25) is 0 Å². The maximum absolute atomic E-state index is 5.47. The maximum Gasteiger partial charge on any atom is 0.0386 e. The molecule has 1 aromatic rings. The molecule has 0 aliphatic carbocycles. The van der Waals surface area contributed by atoms with Crippen LogP contribution in [0.15, 0.2) is 24.3 Å². The molecule has 2 rings (SSSR count). The van der Waals surface area contributed by atoms with Crippen LogP contribution in [0.1, 0.15) is 19.3 Å². The predicted molar refractivity (Wildman–Crippen MR) is 70.1 cm³/mol. The van der Waals surface area contributed by atoms with Crippen molar-refractivity contribution in [3.05, 3.63) is 24.3 Å². The number of nitrogens with one attached hydrogen (secondary N) is 1. The van der Waals surface area contributed by atoms with E-state index in [1.54, 1.807) is 0 Å². The zero-order valence-electron chi connectivity index (χ0n) is 9.78. The summed E-state index contributed by atoms with van der Waals surface area (Å²) in [5.41, 5.74) is 8.02. The summed E-state index contributed by atoms with van der Waals surface area (Å²) in [5.74, 6) is 0. The van der Waals surface area contributed by atoms with E-state index in [2.05, 4.69) is 34.5 Å². The molecule has 3 N–H and O–H groups in total. The number of hydrogen-bond donors (Lipinski definition) is 2. The first-order valence-electron chi connectivity index (χ1n) is 6.19. The van der Waals surface area contributed by atoms with Crippen LogP contribution in [0.4, 0.5) is 11.4 Å². The van der Waals surface area contributed by atoms with Gasteiger partial charge in [0, 0.05) is 31.0 Å². The average molecular weight is 219 g/mol. The van der Waals surface area contributed by atoms with Gasteiger partial charge in [0.2, 0.25) is 0 Å². The number of anilines is 2. The Hall–Kier alpha value is -1.22. The molecule has 1 fully saturated rings. The molecule has 1 aliphatic heterocycles. The quantitative estimate of drug-likeness (QED) is 0.745. The van der Waals surface area contributed by atoms with E-state index < -0.39 is 0 Å². The van der Waals surface area contributed by atoms with Gasteiger partial charge in [0.25, 0.3) is 0 Å². The fourth-order valence-electron chi connectivity index (χ4n) is 2.12.